The predicted octanol–water partition coefficient (Wildman–Crippen LogP) is 4.56. The molecule has 0 aliphatic carbocycles. The van der Waals surface area contributed by atoms with Crippen molar-refractivity contribution in [3.63, 3.8) is 0 Å². The van der Waals surface area contributed by atoms with Crippen LogP contribution >= 0.6 is 0 Å². The standard InChI is InChI=1S/C23H26N3O4/c1-2-30-23(27)17-10-12-26(13-11-17,20-6-4-3-5-7-20)16-18-15-24-22-9-8-19(25(28)29)14-21(18)22/h3-9,14-15,17,24H,2,10-13,16H2,1H3/q+1. The highest BCUT2D eigenvalue weighted by Crippen LogP contribution is 2.35. The van der Waals surface area contributed by atoms with Gasteiger partial charge in [-0.15, -0.1) is 0 Å². The Balaban J connectivity index is 1.67. The number of nitro benzene ring substituents is 1. The van der Waals surface area contributed by atoms with Gasteiger partial charge in [0, 0.05) is 47.6 Å². The number of carbonyl (C=O) groups is 1. The number of aromatic nitrogens is 1. The zero-order chi connectivity index (χ0) is 21.1. The molecule has 2 aromatic carbocycles. The number of ether oxygens (including phenoxy) is 1. The molecule has 0 spiro atoms. The van der Waals surface area contributed by atoms with Crippen molar-refractivity contribution >= 4 is 28.2 Å². The van der Waals surface area contributed by atoms with Gasteiger partial charge in [0.1, 0.15) is 12.2 Å². The Morgan fingerprint density at radius 1 is 1.20 bits per heavy atom. The second kappa shape index (κ2) is 8.28. The first-order valence-electron chi connectivity index (χ1n) is 10.3. The molecular weight excluding hydrogens is 382 g/mol. The number of nitrogens with zero attached hydrogens (tertiary/aromatic N) is 2. The lowest BCUT2D eigenvalue weighted by atomic mass is 9.93. The number of H-pyrrole nitrogens is 1. The normalized spacial score (nSPS) is 21.4. The third kappa shape index (κ3) is 3.80. The Kier molecular flexibility index (Phi) is 5.55. The van der Waals surface area contributed by atoms with Crippen LogP contribution in [0.25, 0.3) is 10.9 Å². The molecule has 7 nitrogen and oxygen atoms in total. The second-order valence-electron chi connectivity index (χ2n) is 7.91. The third-order valence-corrected chi connectivity index (χ3v) is 6.17. The van der Waals surface area contributed by atoms with Crippen LogP contribution in [0.3, 0.4) is 0 Å². The first-order chi connectivity index (χ1) is 14.5. The van der Waals surface area contributed by atoms with Gasteiger partial charge in [-0.2, -0.15) is 0 Å². The summed E-state index contributed by atoms with van der Waals surface area (Å²) < 4.78 is 5.95. The Bertz CT molecular complexity index is 1050. The van der Waals surface area contributed by atoms with E-state index < -0.39 is 0 Å². The van der Waals surface area contributed by atoms with E-state index in [1.165, 1.54) is 11.8 Å². The van der Waals surface area contributed by atoms with Gasteiger partial charge in [-0.3, -0.25) is 19.4 Å². The van der Waals surface area contributed by atoms with E-state index in [-0.39, 0.29) is 22.5 Å². The van der Waals surface area contributed by atoms with Crippen molar-refractivity contribution in [2.45, 2.75) is 26.3 Å². The Hall–Kier alpha value is -3.19. The third-order valence-electron chi connectivity index (χ3n) is 6.17. The van der Waals surface area contributed by atoms with Crippen molar-refractivity contribution < 1.29 is 14.5 Å². The van der Waals surface area contributed by atoms with Gasteiger partial charge in [0.2, 0.25) is 0 Å². The molecule has 2 heterocycles. The number of aromatic amines is 1. The maximum absolute atomic E-state index is 12.2. The summed E-state index contributed by atoms with van der Waals surface area (Å²) in [5.74, 6) is -0.171. The zero-order valence-corrected chi connectivity index (χ0v) is 17.0. The number of fused-ring (bicyclic) bond motifs is 1. The van der Waals surface area contributed by atoms with E-state index in [0.717, 1.165) is 42.4 Å². The van der Waals surface area contributed by atoms with Crippen LogP contribution in [0.15, 0.2) is 54.7 Å². The molecule has 0 atom stereocenters. The van der Waals surface area contributed by atoms with Gasteiger partial charge in [0.15, 0.2) is 0 Å². The minimum Gasteiger partial charge on any atom is -0.466 e. The average molecular weight is 408 g/mol. The Morgan fingerprint density at radius 3 is 2.60 bits per heavy atom. The number of nitrogens with one attached hydrogen (secondary N) is 1. The highest BCUT2D eigenvalue weighted by Gasteiger charge is 2.39. The molecule has 3 aromatic rings. The van der Waals surface area contributed by atoms with Crippen molar-refractivity contribution in [1.82, 2.24) is 9.47 Å². The maximum atomic E-state index is 12.2. The van der Waals surface area contributed by atoms with Crippen molar-refractivity contribution in [3.05, 3.63) is 70.4 Å². The number of non-ortho nitro benzene ring substituents is 1. The highest BCUT2D eigenvalue weighted by molar-refractivity contribution is 5.85. The summed E-state index contributed by atoms with van der Waals surface area (Å²) in [6.45, 7) is 4.58. The van der Waals surface area contributed by atoms with E-state index in [4.69, 9.17) is 4.74 Å². The molecule has 0 bridgehead atoms. The van der Waals surface area contributed by atoms with Crippen LogP contribution < -0.4 is 4.48 Å². The van der Waals surface area contributed by atoms with E-state index in [9.17, 15) is 14.9 Å². The molecule has 1 aliphatic rings. The monoisotopic (exact) mass is 408 g/mol. The summed E-state index contributed by atoms with van der Waals surface area (Å²) in [6.07, 6.45) is 3.47. The van der Waals surface area contributed by atoms with Gasteiger partial charge in [0.25, 0.3) is 5.69 Å². The second-order valence-corrected chi connectivity index (χ2v) is 7.91. The van der Waals surface area contributed by atoms with Gasteiger partial charge in [-0.1, -0.05) is 18.2 Å². The molecule has 1 aliphatic heterocycles. The van der Waals surface area contributed by atoms with Crippen molar-refractivity contribution in [2.24, 2.45) is 5.92 Å². The average Bonchev–Trinajstić information content (AvgIpc) is 3.17. The van der Waals surface area contributed by atoms with Crippen molar-refractivity contribution in [2.75, 3.05) is 19.7 Å². The van der Waals surface area contributed by atoms with Crippen LogP contribution in [0.4, 0.5) is 11.4 Å². The quantitative estimate of drug-likeness (QED) is 0.280. The largest absolute Gasteiger partial charge is 0.466 e. The molecule has 0 amide bonds. The number of carbonyl (C=O) groups excluding carboxylic acids is 1. The van der Waals surface area contributed by atoms with Gasteiger partial charge in [0.05, 0.1) is 30.5 Å². The predicted molar refractivity (Wildman–Crippen MR) is 116 cm³/mol. The number of benzene rings is 2. The summed E-state index contributed by atoms with van der Waals surface area (Å²) in [6, 6.07) is 15.3. The van der Waals surface area contributed by atoms with Crippen LogP contribution in [-0.4, -0.2) is 35.6 Å². The molecule has 30 heavy (non-hydrogen) atoms. The number of rotatable bonds is 6. The number of esters is 1. The van der Waals surface area contributed by atoms with Gasteiger partial charge in [-0.05, 0) is 25.1 Å². The lowest BCUT2D eigenvalue weighted by Gasteiger charge is -2.42. The molecular formula is C23H26N3O4+. The molecule has 4 rings (SSSR count). The lowest BCUT2D eigenvalue weighted by Crippen LogP contribution is -2.54. The fourth-order valence-corrected chi connectivity index (χ4v) is 4.55. The minimum absolute atomic E-state index is 0.0658. The maximum Gasteiger partial charge on any atom is 0.309 e. The van der Waals surface area contributed by atoms with Crippen LogP contribution in [0.2, 0.25) is 0 Å². The zero-order valence-electron chi connectivity index (χ0n) is 17.0. The van der Waals surface area contributed by atoms with Crippen molar-refractivity contribution in [3.8, 4) is 0 Å². The highest BCUT2D eigenvalue weighted by atomic mass is 16.6. The fourth-order valence-electron chi connectivity index (χ4n) is 4.55. The molecule has 1 N–H and O–H groups in total. The molecule has 1 fully saturated rings. The Labute approximate surface area is 175 Å². The fraction of sp³-hybridized carbons (Fsp3) is 0.348. The first-order valence-corrected chi connectivity index (χ1v) is 10.3. The topological polar surface area (TPSA) is 85.2 Å². The lowest BCUT2D eigenvalue weighted by molar-refractivity contribution is -0.384. The molecule has 1 saturated heterocycles. The van der Waals surface area contributed by atoms with Crippen LogP contribution in [0, 0.1) is 16.0 Å². The molecule has 156 valence electrons. The van der Waals surface area contributed by atoms with Gasteiger partial charge in [-0.25, -0.2) is 0 Å². The van der Waals surface area contributed by atoms with Crippen LogP contribution in [0.1, 0.15) is 25.3 Å². The summed E-state index contributed by atoms with van der Waals surface area (Å²) in [5.41, 5.74) is 3.23. The molecule has 0 radical (unpaired) electrons. The molecule has 0 unspecified atom stereocenters. The number of hydrogen-bond acceptors (Lipinski definition) is 4. The SMILES string of the molecule is CCOC(=O)C1CC[N+](Cc2c[nH]c3ccc([N+](=O)[O-])cc23)(c2ccccc2)CC1. The number of hydrogen-bond donors (Lipinski definition) is 1. The molecule has 7 heteroatoms. The van der Waals surface area contributed by atoms with Gasteiger partial charge < -0.3 is 9.72 Å². The van der Waals surface area contributed by atoms with Crippen LogP contribution in [0.5, 0.6) is 0 Å². The van der Waals surface area contributed by atoms with Crippen molar-refractivity contribution in [1.29, 1.82) is 0 Å². The number of quaternary nitrogens is 1. The summed E-state index contributed by atoms with van der Waals surface area (Å²) >= 11 is 0. The number of likely N-dealkylation sites (tertiary alicyclic amines) is 1. The van der Waals surface area contributed by atoms with E-state index in [0.29, 0.717) is 17.6 Å². The van der Waals surface area contributed by atoms with E-state index >= 15 is 0 Å². The number of nitro groups is 1. The Morgan fingerprint density at radius 2 is 1.93 bits per heavy atom. The van der Waals surface area contributed by atoms with E-state index in [1.54, 1.807) is 12.1 Å². The van der Waals surface area contributed by atoms with Gasteiger partial charge >= 0.3 is 5.97 Å². The van der Waals surface area contributed by atoms with Crippen LogP contribution in [-0.2, 0) is 16.1 Å². The van der Waals surface area contributed by atoms with E-state index in [2.05, 4.69) is 17.1 Å². The summed E-state index contributed by atoms with van der Waals surface area (Å²) in [4.78, 5) is 26.4. The molecule has 0 saturated carbocycles. The molecule has 1 aromatic heterocycles. The van der Waals surface area contributed by atoms with E-state index in [1.807, 2.05) is 31.3 Å². The number of piperidine rings is 1. The smallest absolute Gasteiger partial charge is 0.309 e. The first kappa shape index (κ1) is 20.1. The number of para-hydroxylation sites is 1. The summed E-state index contributed by atoms with van der Waals surface area (Å²) in [7, 11) is 0. The minimum atomic E-state index is -0.359. The summed E-state index contributed by atoms with van der Waals surface area (Å²) in [5, 5.41) is 12.1.